The van der Waals surface area contributed by atoms with Gasteiger partial charge in [-0.25, -0.2) is 22.0 Å². The number of halogens is 5. The first-order valence-corrected chi connectivity index (χ1v) is 5.47. The molecule has 0 amide bonds. The molecule has 1 aliphatic carbocycles. The summed E-state index contributed by atoms with van der Waals surface area (Å²) in [6.45, 7) is 0. The Morgan fingerprint density at radius 3 is 1.94 bits per heavy atom. The average Bonchev–Trinajstić information content (AvgIpc) is 2.40. The van der Waals surface area contributed by atoms with Crippen molar-refractivity contribution in [1.29, 1.82) is 0 Å². The molecule has 98 valence electrons. The maximum absolute atomic E-state index is 13.4. The van der Waals surface area contributed by atoms with Gasteiger partial charge in [-0.05, 0) is 19.3 Å². The molecule has 0 radical (unpaired) electrons. The predicted octanol–water partition coefficient (Wildman–Crippen LogP) is 3.90. The Balaban J connectivity index is 2.38. The molecule has 1 aliphatic rings. The fraction of sp³-hybridized carbons (Fsp3) is 0.333. The molecule has 0 saturated heterocycles. The van der Waals surface area contributed by atoms with Crippen molar-refractivity contribution in [3.05, 3.63) is 41.2 Å². The zero-order valence-electron chi connectivity index (χ0n) is 9.24. The molecule has 0 fully saturated rings. The third-order valence-corrected chi connectivity index (χ3v) is 2.79. The van der Waals surface area contributed by atoms with Gasteiger partial charge < -0.3 is 5.32 Å². The Morgan fingerprint density at radius 2 is 1.44 bits per heavy atom. The van der Waals surface area contributed by atoms with Crippen molar-refractivity contribution in [2.75, 3.05) is 5.32 Å². The van der Waals surface area contributed by atoms with Crippen LogP contribution in [0, 0.1) is 29.1 Å². The van der Waals surface area contributed by atoms with Crippen LogP contribution in [0.4, 0.5) is 27.6 Å². The molecular weight excluding hydrogens is 253 g/mol. The van der Waals surface area contributed by atoms with E-state index in [0.29, 0.717) is 6.42 Å². The third-order valence-electron chi connectivity index (χ3n) is 2.79. The van der Waals surface area contributed by atoms with Gasteiger partial charge in [-0.15, -0.1) is 0 Å². The minimum atomic E-state index is -2.14. The fourth-order valence-electron chi connectivity index (χ4n) is 1.85. The zero-order valence-corrected chi connectivity index (χ0v) is 9.24. The Morgan fingerprint density at radius 1 is 0.889 bits per heavy atom. The maximum Gasteiger partial charge on any atom is 0.200 e. The van der Waals surface area contributed by atoms with E-state index in [1.807, 2.05) is 0 Å². The highest BCUT2D eigenvalue weighted by Gasteiger charge is 2.26. The van der Waals surface area contributed by atoms with E-state index in [4.69, 9.17) is 0 Å². The second-order valence-corrected chi connectivity index (χ2v) is 4.05. The molecule has 6 heteroatoms. The first kappa shape index (κ1) is 12.9. The van der Waals surface area contributed by atoms with Gasteiger partial charge in [-0.3, -0.25) is 0 Å². The summed E-state index contributed by atoms with van der Waals surface area (Å²) in [6.07, 6.45) is 5.67. The average molecular weight is 263 g/mol. The van der Waals surface area contributed by atoms with E-state index in [1.165, 1.54) is 0 Å². The van der Waals surface area contributed by atoms with E-state index < -0.39 is 40.8 Å². The van der Waals surface area contributed by atoms with E-state index in [1.54, 1.807) is 12.2 Å². The molecular formula is C12H10F5N. The summed E-state index contributed by atoms with van der Waals surface area (Å²) in [6, 6.07) is -0.424. The number of nitrogens with one attached hydrogen (secondary N) is 1. The highest BCUT2D eigenvalue weighted by Crippen LogP contribution is 2.28. The monoisotopic (exact) mass is 263 g/mol. The van der Waals surface area contributed by atoms with Crippen LogP contribution in [-0.4, -0.2) is 6.04 Å². The quantitative estimate of drug-likeness (QED) is 0.369. The summed E-state index contributed by atoms with van der Waals surface area (Å²) in [7, 11) is 0. The van der Waals surface area contributed by atoms with Crippen LogP contribution < -0.4 is 5.32 Å². The van der Waals surface area contributed by atoms with Crippen molar-refractivity contribution in [1.82, 2.24) is 0 Å². The van der Waals surface area contributed by atoms with Crippen LogP contribution in [0.15, 0.2) is 12.2 Å². The van der Waals surface area contributed by atoms with E-state index in [0.717, 1.165) is 12.8 Å². The van der Waals surface area contributed by atoms with Crippen molar-refractivity contribution in [3.8, 4) is 0 Å². The lowest BCUT2D eigenvalue weighted by atomic mass is 10.0. The van der Waals surface area contributed by atoms with E-state index in [-0.39, 0.29) is 0 Å². The Labute approximate surface area is 100 Å². The van der Waals surface area contributed by atoms with Gasteiger partial charge in [0, 0.05) is 6.04 Å². The van der Waals surface area contributed by atoms with Crippen molar-refractivity contribution in [3.63, 3.8) is 0 Å². The summed E-state index contributed by atoms with van der Waals surface area (Å²) in [5.41, 5.74) is -0.969. The van der Waals surface area contributed by atoms with Gasteiger partial charge in [-0.1, -0.05) is 12.2 Å². The highest BCUT2D eigenvalue weighted by atomic mass is 19.2. The summed E-state index contributed by atoms with van der Waals surface area (Å²) < 4.78 is 65.4. The lowest BCUT2D eigenvalue weighted by molar-refractivity contribution is 0.380. The van der Waals surface area contributed by atoms with Crippen LogP contribution in [0.3, 0.4) is 0 Å². The number of allylic oxidation sites excluding steroid dienone is 1. The first-order valence-electron chi connectivity index (χ1n) is 5.47. The number of rotatable bonds is 2. The zero-order chi connectivity index (χ0) is 13.3. The second-order valence-electron chi connectivity index (χ2n) is 4.05. The van der Waals surface area contributed by atoms with Gasteiger partial charge in [0.05, 0.1) is 0 Å². The molecule has 1 aromatic rings. The largest absolute Gasteiger partial charge is 0.374 e. The number of hydrogen-bond donors (Lipinski definition) is 1. The molecule has 1 unspecified atom stereocenters. The predicted molar refractivity (Wildman–Crippen MR) is 56.6 cm³/mol. The summed E-state index contributed by atoms with van der Waals surface area (Å²) in [5, 5.41) is 2.34. The van der Waals surface area contributed by atoms with E-state index >= 15 is 0 Å². The van der Waals surface area contributed by atoms with Crippen LogP contribution >= 0.6 is 0 Å². The molecule has 18 heavy (non-hydrogen) atoms. The fourth-order valence-corrected chi connectivity index (χ4v) is 1.85. The van der Waals surface area contributed by atoms with Crippen molar-refractivity contribution >= 4 is 5.69 Å². The maximum atomic E-state index is 13.4. The Bertz CT molecular complexity index is 469. The lowest BCUT2D eigenvalue weighted by Gasteiger charge is -2.20. The van der Waals surface area contributed by atoms with Gasteiger partial charge in [0.2, 0.25) is 5.82 Å². The van der Waals surface area contributed by atoms with Crippen molar-refractivity contribution in [2.45, 2.75) is 25.3 Å². The first-order chi connectivity index (χ1) is 8.52. The van der Waals surface area contributed by atoms with Gasteiger partial charge in [0.1, 0.15) is 5.69 Å². The number of hydrogen-bond acceptors (Lipinski definition) is 1. The molecule has 0 aliphatic heterocycles. The van der Waals surface area contributed by atoms with E-state index in [9.17, 15) is 22.0 Å². The van der Waals surface area contributed by atoms with Gasteiger partial charge in [0.15, 0.2) is 23.3 Å². The summed E-state index contributed by atoms with van der Waals surface area (Å²) >= 11 is 0. The molecule has 0 heterocycles. The normalized spacial score (nSPS) is 19.1. The van der Waals surface area contributed by atoms with Crippen molar-refractivity contribution in [2.24, 2.45) is 0 Å². The molecule has 1 N–H and O–H groups in total. The SMILES string of the molecule is Fc1c(F)c(F)c(NC2C=CCCC2)c(F)c1F. The molecule has 1 nitrogen and oxygen atoms in total. The molecule has 0 bridgehead atoms. The molecule has 2 rings (SSSR count). The summed E-state index contributed by atoms with van der Waals surface area (Å²) in [5.74, 6) is -9.67. The number of benzene rings is 1. The van der Waals surface area contributed by atoms with Crippen LogP contribution in [0.1, 0.15) is 19.3 Å². The lowest BCUT2D eigenvalue weighted by Crippen LogP contribution is -2.21. The topological polar surface area (TPSA) is 12.0 Å². The van der Waals surface area contributed by atoms with Crippen LogP contribution in [0.25, 0.3) is 0 Å². The number of anilines is 1. The highest BCUT2D eigenvalue weighted by molar-refractivity contribution is 5.49. The molecule has 1 atom stereocenters. The molecule has 0 spiro atoms. The van der Waals surface area contributed by atoms with Crippen molar-refractivity contribution < 1.29 is 22.0 Å². The Hall–Kier alpha value is -1.59. The minimum Gasteiger partial charge on any atom is -0.374 e. The standard InChI is InChI=1S/C12H10F5N/c13-7-8(14)10(16)12(11(17)9(7)15)18-6-4-2-1-3-5-6/h2,4,6,18H,1,3,5H2. The van der Waals surface area contributed by atoms with Crippen LogP contribution in [-0.2, 0) is 0 Å². The van der Waals surface area contributed by atoms with Gasteiger partial charge >= 0.3 is 0 Å². The smallest absolute Gasteiger partial charge is 0.200 e. The van der Waals surface area contributed by atoms with E-state index in [2.05, 4.69) is 5.32 Å². The van der Waals surface area contributed by atoms with Crippen LogP contribution in [0.5, 0.6) is 0 Å². The molecule has 0 saturated carbocycles. The summed E-state index contributed by atoms with van der Waals surface area (Å²) in [4.78, 5) is 0. The Kier molecular flexibility index (Phi) is 3.54. The van der Waals surface area contributed by atoms with Gasteiger partial charge in [-0.2, -0.15) is 0 Å². The molecule has 0 aromatic heterocycles. The second kappa shape index (κ2) is 4.96. The third kappa shape index (κ3) is 2.19. The molecule has 1 aromatic carbocycles. The minimum absolute atomic E-state index is 0.424. The van der Waals surface area contributed by atoms with Crippen LogP contribution in [0.2, 0.25) is 0 Å². The van der Waals surface area contributed by atoms with Gasteiger partial charge in [0.25, 0.3) is 0 Å².